The SMILES string of the molecule is C[C@H](Oc1cc(C(=O)N[C@@](C)(CC(=O)OC(C)(C)C)C2CC2)ncc1C1CC1)C(F)(F)F. The van der Waals surface area contributed by atoms with Gasteiger partial charge in [-0.1, -0.05) is 0 Å². The average Bonchev–Trinajstić information content (AvgIpc) is 3.52. The number of hydrogen-bond donors (Lipinski definition) is 1. The first-order chi connectivity index (χ1) is 14.7. The van der Waals surface area contributed by atoms with Gasteiger partial charge in [-0.15, -0.1) is 0 Å². The highest BCUT2D eigenvalue weighted by Gasteiger charge is 2.45. The van der Waals surface area contributed by atoms with Crippen molar-refractivity contribution in [2.45, 2.75) is 96.1 Å². The van der Waals surface area contributed by atoms with Crippen molar-refractivity contribution < 1.29 is 32.2 Å². The molecule has 1 N–H and O–H groups in total. The van der Waals surface area contributed by atoms with E-state index in [-0.39, 0.29) is 29.7 Å². The Kier molecular flexibility index (Phi) is 6.50. The smallest absolute Gasteiger partial charge is 0.425 e. The number of aromatic nitrogens is 1. The van der Waals surface area contributed by atoms with Crippen molar-refractivity contribution in [3.8, 4) is 5.75 Å². The van der Waals surface area contributed by atoms with Crippen LogP contribution >= 0.6 is 0 Å². The summed E-state index contributed by atoms with van der Waals surface area (Å²) in [7, 11) is 0. The molecule has 0 aliphatic heterocycles. The molecular formula is C23H31F3N2O4. The first kappa shape index (κ1) is 24.3. The van der Waals surface area contributed by atoms with Gasteiger partial charge in [0, 0.05) is 17.8 Å². The van der Waals surface area contributed by atoms with Gasteiger partial charge in [-0.05, 0) is 72.1 Å². The minimum absolute atomic E-state index is 0.00466. The summed E-state index contributed by atoms with van der Waals surface area (Å²) in [4.78, 5) is 29.6. The van der Waals surface area contributed by atoms with E-state index in [1.807, 2.05) is 0 Å². The average molecular weight is 457 g/mol. The van der Waals surface area contributed by atoms with E-state index in [9.17, 15) is 22.8 Å². The normalized spacial score (nSPS) is 19.6. The molecule has 0 bridgehead atoms. The molecule has 2 fully saturated rings. The van der Waals surface area contributed by atoms with Gasteiger partial charge in [-0.3, -0.25) is 14.6 Å². The number of esters is 1. The van der Waals surface area contributed by atoms with Crippen molar-refractivity contribution in [2.75, 3.05) is 0 Å². The molecule has 2 atom stereocenters. The zero-order valence-electron chi connectivity index (χ0n) is 19.1. The lowest BCUT2D eigenvalue weighted by molar-refractivity contribution is -0.189. The van der Waals surface area contributed by atoms with Gasteiger partial charge in [-0.25, -0.2) is 0 Å². The molecule has 0 unspecified atom stereocenters. The predicted molar refractivity (Wildman–Crippen MR) is 111 cm³/mol. The van der Waals surface area contributed by atoms with Gasteiger partial charge in [0.05, 0.1) is 12.0 Å². The number of rotatable bonds is 8. The van der Waals surface area contributed by atoms with E-state index in [0.717, 1.165) is 32.6 Å². The highest BCUT2D eigenvalue weighted by atomic mass is 19.4. The summed E-state index contributed by atoms with van der Waals surface area (Å²) < 4.78 is 49.7. The Morgan fingerprint density at radius 3 is 2.28 bits per heavy atom. The number of halogens is 3. The van der Waals surface area contributed by atoms with Crippen molar-refractivity contribution >= 4 is 11.9 Å². The quantitative estimate of drug-likeness (QED) is 0.562. The van der Waals surface area contributed by atoms with Crippen LogP contribution in [0.4, 0.5) is 13.2 Å². The van der Waals surface area contributed by atoms with Gasteiger partial charge in [0.25, 0.3) is 5.91 Å². The molecule has 2 aliphatic rings. The highest BCUT2D eigenvalue weighted by molar-refractivity contribution is 5.93. The van der Waals surface area contributed by atoms with E-state index in [4.69, 9.17) is 9.47 Å². The summed E-state index contributed by atoms with van der Waals surface area (Å²) >= 11 is 0. The van der Waals surface area contributed by atoms with Crippen molar-refractivity contribution in [3.05, 3.63) is 23.5 Å². The number of amides is 1. The van der Waals surface area contributed by atoms with Crippen LogP contribution in [-0.4, -0.2) is 40.3 Å². The minimum Gasteiger partial charge on any atom is -0.481 e. The molecule has 6 nitrogen and oxygen atoms in total. The molecule has 1 amide bonds. The highest BCUT2D eigenvalue weighted by Crippen LogP contribution is 2.45. The molecule has 32 heavy (non-hydrogen) atoms. The zero-order valence-corrected chi connectivity index (χ0v) is 19.1. The number of pyridine rings is 1. The molecule has 1 aromatic rings. The van der Waals surface area contributed by atoms with E-state index in [2.05, 4.69) is 10.3 Å². The fraction of sp³-hybridized carbons (Fsp3) is 0.696. The van der Waals surface area contributed by atoms with Gasteiger partial charge in [0.1, 0.15) is 17.0 Å². The predicted octanol–water partition coefficient (Wildman–Crippen LogP) is 4.92. The number of alkyl halides is 3. The van der Waals surface area contributed by atoms with Gasteiger partial charge in [-0.2, -0.15) is 13.2 Å². The van der Waals surface area contributed by atoms with Crippen LogP contribution in [0.15, 0.2) is 12.3 Å². The first-order valence-electron chi connectivity index (χ1n) is 11.0. The van der Waals surface area contributed by atoms with Crippen LogP contribution in [0.5, 0.6) is 5.75 Å². The van der Waals surface area contributed by atoms with E-state index >= 15 is 0 Å². The standard InChI is InChI=1S/C23H31F3N2O4/c1-13(23(24,25)26)31-18-10-17(27-12-16(18)14-6-7-14)20(30)28-22(5,15-8-9-15)11-19(29)32-21(2,3)4/h10,12-15H,6-9,11H2,1-5H3,(H,28,30)/t13-,22-/m0/s1. The third-order valence-electron chi connectivity index (χ3n) is 5.72. The van der Waals surface area contributed by atoms with Crippen molar-refractivity contribution in [1.29, 1.82) is 0 Å². The molecule has 1 aromatic heterocycles. The molecule has 2 aliphatic carbocycles. The van der Waals surface area contributed by atoms with Crippen molar-refractivity contribution in [3.63, 3.8) is 0 Å². The summed E-state index contributed by atoms with van der Waals surface area (Å²) in [6.45, 7) is 8.03. The molecule has 2 saturated carbocycles. The number of carbonyl (C=O) groups is 2. The van der Waals surface area contributed by atoms with Crippen molar-refractivity contribution in [2.24, 2.45) is 5.92 Å². The molecule has 0 aromatic carbocycles. The third kappa shape index (κ3) is 6.36. The van der Waals surface area contributed by atoms with E-state index in [1.165, 1.54) is 12.3 Å². The van der Waals surface area contributed by atoms with Gasteiger partial charge >= 0.3 is 12.1 Å². The number of hydrogen-bond acceptors (Lipinski definition) is 5. The van der Waals surface area contributed by atoms with Crippen LogP contribution in [0.25, 0.3) is 0 Å². The Morgan fingerprint density at radius 1 is 1.16 bits per heavy atom. The topological polar surface area (TPSA) is 77.5 Å². The van der Waals surface area contributed by atoms with Gasteiger partial charge < -0.3 is 14.8 Å². The molecular weight excluding hydrogens is 425 g/mol. The van der Waals surface area contributed by atoms with Crippen LogP contribution in [0, 0.1) is 5.92 Å². The third-order valence-corrected chi connectivity index (χ3v) is 5.72. The largest absolute Gasteiger partial charge is 0.481 e. The van der Waals surface area contributed by atoms with Crippen LogP contribution < -0.4 is 10.1 Å². The fourth-order valence-electron chi connectivity index (χ4n) is 3.64. The molecule has 178 valence electrons. The summed E-state index contributed by atoms with van der Waals surface area (Å²) in [5.41, 5.74) is -0.949. The van der Waals surface area contributed by atoms with E-state index in [0.29, 0.717) is 5.56 Å². The molecule has 0 radical (unpaired) electrons. The number of nitrogens with one attached hydrogen (secondary N) is 1. The lowest BCUT2D eigenvalue weighted by atomic mass is 9.91. The van der Waals surface area contributed by atoms with Gasteiger partial charge in [0.15, 0.2) is 6.10 Å². The molecule has 9 heteroatoms. The Morgan fingerprint density at radius 2 is 1.78 bits per heavy atom. The van der Waals surface area contributed by atoms with Crippen LogP contribution in [-0.2, 0) is 9.53 Å². The van der Waals surface area contributed by atoms with Crippen LogP contribution in [0.1, 0.15) is 88.7 Å². The molecule has 3 rings (SSSR count). The van der Waals surface area contributed by atoms with Crippen LogP contribution in [0.3, 0.4) is 0 Å². The monoisotopic (exact) mass is 456 g/mol. The maximum Gasteiger partial charge on any atom is 0.425 e. The minimum atomic E-state index is -4.52. The molecule has 1 heterocycles. The van der Waals surface area contributed by atoms with Crippen molar-refractivity contribution in [1.82, 2.24) is 10.3 Å². The zero-order chi connectivity index (χ0) is 23.9. The summed E-state index contributed by atoms with van der Waals surface area (Å²) in [6, 6.07) is 1.27. The maximum atomic E-state index is 13.0. The lowest BCUT2D eigenvalue weighted by Gasteiger charge is -2.31. The summed E-state index contributed by atoms with van der Waals surface area (Å²) in [6.07, 6.45) is -1.69. The van der Waals surface area contributed by atoms with Gasteiger partial charge in [0.2, 0.25) is 0 Å². The Labute approximate surface area is 186 Å². The Bertz CT molecular complexity index is 873. The van der Waals surface area contributed by atoms with E-state index < -0.39 is 35.3 Å². The summed E-state index contributed by atoms with van der Waals surface area (Å²) in [5, 5.41) is 2.88. The Hall–Kier alpha value is -2.32. The van der Waals surface area contributed by atoms with E-state index in [1.54, 1.807) is 27.7 Å². The number of ether oxygens (including phenoxy) is 2. The summed E-state index contributed by atoms with van der Waals surface area (Å²) in [5.74, 6) is -0.746. The molecule has 0 spiro atoms. The fourth-order valence-corrected chi connectivity index (χ4v) is 3.64. The second kappa shape index (κ2) is 8.56. The Balaban J connectivity index is 1.78. The molecule has 0 saturated heterocycles. The number of carbonyl (C=O) groups excluding carboxylic acids is 2. The maximum absolute atomic E-state index is 13.0. The lowest BCUT2D eigenvalue weighted by Crippen LogP contribution is -2.50. The first-order valence-corrected chi connectivity index (χ1v) is 11.0. The number of nitrogens with zero attached hydrogens (tertiary/aromatic N) is 1. The van der Waals surface area contributed by atoms with Crippen LogP contribution in [0.2, 0.25) is 0 Å². The second-order valence-electron chi connectivity index (χ2n) is 10.1. The second-order valence-corrected chi connectivity index (χ2v) is 10.1.